The van der Waals surface area contributed by atoms with E-state index in [1.165, 1.54) is 70.3 Å². The number of hydrogen-bond donors (Lipinski definition) is 0. The molecule has 1 atom stereocenters. The highest BCUT2D eigenvalue weighted by Crippen LogP contribution is 2.35. The first-order chi connectivity index (χ1) is 12.8. The summed E-state index contributed by atoms with van der Waals surface area (Å²) in [6.07, 6.45) is 13.7. The van der Waals surface area contributed by atoms with Crippen LogP contribution in [0, 0.1) is 0 Å². The first kappa shape index (κ1) is 20.6. The molecule has 27 heavy (non-hydrogen) atoms. The first-order valence-corrected chi connectivity index (χ1v) is 11.0. The molecule has 3 heterocycles. The molecule has 0 N–H and O–H groups in total. The minimum absolute atomic E-state index is 0.123. The zero-order valence-corrected chi connectivity index (χ0v) is 18.2. The van der Waals surface area contributed by atoms with Crippen LogP contribution >= 0.6 is 0 Å². The van der Waals surface area contributed by atoms with Gasteiger partial charge in [0.25, 0.3) is 0 Å². The van der Waals surface area contributed by atoms with E-state index in [1.54, 1.807) is 0 Å². The number of hydrogen-bond acceptors (Lipinski definition) is 4. The normalized spacial score (nSPS) is 22.9. The van der Waals surface area contributed by atoms with Gasteiger partial charge in [-0.15, -0.1) is 0 Å². The topological polar surface area (TPSA) is 22.6 Å². The maximum Gasteiger partial charge on any atom is 0.0626 e. The largest absolute Gasteiger partial charge is 0.369 e. The van der Waals surface area contributed by atoms with E-state index in [1.807, 2.05) is 12.4 Å². The number of fused-ring (bicyclic) bond motifs is 1. The van der Waals surface area contributed by atoms with Gasteiger partial charge in [0.05, 0.1) is 6.17 Å². The van der Waals surface area contributed by atoms with Crippen molar-refractivity contribution in [3.8, 4) is 0 Å². The molecule has 4 nitrogen and oxygen atoms in total. The molecule has 0 radical (unpaired) electrons. The molecule has 2 aliphatic heterocycles. The van der Waals surface area contributed by atoms with Crippen LogP contribution < -0.4 is 4.90 Å². The zero-order valence-electron chi connectivity index (χ0n) is 18.2. The van der Waals surface area contributed by atoms with Crippen LogP contribution in [0.3, 0.4) is 0 Å². The fourth-order valence-corrected chi connectivity index (χ4v) is 4.90. The smallest absolute Gasteiger partial charge is 0.0626 e. The third-order valence-corrected chi connectivity index (χ3v) is 7.12. The Kier molecular flexibility index (Phi) is 6.47. The molecule has 0 saturated carbocycles. The maximum atomic E-state index is 4.16. The first-order valence-electron chi connectivity index (χ1n) is 11.0. The van der Waals surface area contributed by atoms with Crippen molar-refractivity contribution in [1.82, 2.24) is 14.8 Å². The van der Waals surface area contributed by atoms with Gasteiger partial charge in [-0.05, 0) is 78.5 Å². The Morgan fingerprint density at radius 1 is 0.963 bits per heavy atom. The van der Waals surface area contributed by atoms with E-state index >= 15 is 0 Å². The summed E-state index contributed by atoms with van der Waals surface area (Å²) in [5.41, 5.74) is 1.61. The van der Waals surface area contributed by atoms with Crippen molar-refractivity contribution >= 4 is 5.69 Å². The molecule has 1 aromatic rings. The van der Waals surface area contributed by atoms with Crippen LogP contribution in [-0.2, 0) is 0 Å². The van der Waals surface area contributed by atoms with Crippen LogP contribution in [0.25, 0.3) is 0 Å². The molecular formula is C23H40N4. The molecule has 3 rings (SSSR count). The maximum absolute atomic E-state index is 4.16. The van der Waals surface area contributed by atoms with Crippen molar-refractivity contribution in [1.29, 1.82) is 0 Å². The summed E-state index contributed by atoms with van der Waals surface area (Å²) in [5.74, 6) is 0. The molecular weight excluding hydrogens is 332 g/mol. The molecule has 1 aromatic heterocycles. The molecule has 0 spiro atoms. The number of nitrogens with zero attached hydrogens (tertiary/aromatic N) is 4. The summed E-state index contributed by atoms with van der Waals surface area (Å²) in [6.45, 7) is 13.6. The fraction of sp³-hybridized carbons (Fsp3) is 0.783. The zero-order chi connectivity index (χ0) is 19.5. The van der Waals surface area contributed by atoms with Gasteiger partial charge in [-0.1, -0.05) is 12.8 Å². The quantitative estimate of drug-likeness (QED) is 0.718. The third kappa shape index (κ3) is 4.83. The van der Waals surface area contributed by atoms with E-state index in [0.29, 0.717) is 6.17 Å². The van der Waals surface area contributed by atoms with Crippen LogP contribution in [0.5, 0.6) is 0 Å². The Balaban J connectivity index is 1.66. The molecule has 2 fully saturated rings. The molecule has 0 amide bonds. The SMILES string of the molecule is CN(c1ccncc1)C(C)(C)CCC(C)(C)N1CCCN2CCCCCC21. The molecule has 1 unspecified atom stereocenters. The molecule has 2 aliphatic rings. The minimum atomic E-state index is 0.123. The van der Waals surface area contributed by atoms with Crippen LogP contribution in [0.15, 0.2) is 24.5 Å². The second kappa shape index (κ2) is 8.48. The van der Waals surface area contributed by atoms with Gasteiger partial charge in [0, 0.05) is 49.3 Å². The Morgan fingerprint density at radius 2 is 1.67 bits per heavy atom. The predicted octanol–water partition coefficient (Wildman–Crippen LogP) is 4.76. The van der Waals surface area contributed by atoms with Crippen molar-refractivity contribution in [2.75, 3.05) is 31.6 Å². The summed E-state index contributed by atoms with van der Waals surface area (Å²) >= 11 is 0. The molecule has 152 valence electrons. The summed E-state index contributed by atoms with van der Waals surface area (Å²) in [7, 11) is 2.22. The highest BCUT2D eigenvalue weighted by atomic mass is 15.4. The van der Waals surface area contributed by atoms with Gasteiger partial charge in [0.1, 0.15) is 0 Å². The van der Waals surface area contributed by atoms with Crippen molar-refractivity contribution in [3.05, 3.63) is 24.5 Å². The predicted molar refractivity (Wildman–Crippen MR) is 115 cm³/mol. The van der Waals surface area contributed by atoms with E-state index in [0.717, 1.165) is 0 Å². The molecule has 0 bridgehead atoms. The van der Waals surface area contributed by atoms with Gasteiger partial charge in [-0.3, -0.25) is 14.8 Å². The molecule has 2 saturated heterocycles. The minimum Gasteiger partial charge on any atom is -0.369 e. The van der Waals surface area contributed by atoms with E-state index in [9.17, 15) is 0 Å². The highest BCUT2D eigenvalue weighted by Gasteiger charge is 2.39. The Bertz CT molecular complexity index is 583. The van der Waals surface area contributed by atoms with E-state index in [4.69, 9.17) is 0 Å². The standard InChI is InChI=1S/C23H40N4/c1-22(2,25(5)20-11-15-24-16-12-20)13-14-23(3,4)27-19-9-18-26-17-8-6-7-10-21(26)27/h11-12,15-16,21H,6-10,13-14,17-19H2,1-5H3. The number of pyridine rings is 1. The monoisotopic (exact) mass is 372 g/mol. The van der Waals surface area contributed by atoms with Crippen molar-refractivity contribution < 1.29 is 0 Å². The molecule has 0 aliphatic carbocycles. The number of aromatic nitrogens is 1. The highest BCUT2D eigenvalue weighted by molar-refractivity contribution is 5.46. The van der Waals surface area contributed by atoms with Crippen molar-refractivity contribution in [3.63, 3.8) is 0 Å². The summed E-state index contributed by atoms with van der Waals surface area (Å²) in [4.78, 5) is 12.2. The molecule has 4 heteroatoms. The van der Waals surface area contributed by atoms with Gasteiger partial charge in [0.2, 0.25) is 0 Å². The lowest BCUT2D eigenvalue weighted by Gasteiger charge is -2.52. The van der Waals surface area contributed by atoms with Crippen LogP contribution in [0.1, 0.15) is 72.6 Å². The summed E-state index contributed by atoms with van der Waals surface area (Å²) < 4.78 is 0. The summed E-state index contributed by atoms with van der Waals surface area (Å²) in [6, 6.07) is 4.22. The Labute approximate surface area is 166 Å². The number of rotatable bonds is 6. The fourth-order valence-electron chi connectivity index (χ4n) is 4.90. The second-order valence-electron chi connectivity index (χ2n) is 9.80. The average Bonchev–Trinajstić information content (AvgIpc) is 2.92. The summed E-state index contributed by atoms with van der Waals surface area (Å²) in [5, 5.41) is 0. The van der Waals surface area contributed by atoms with Crippen LogP contribution in [0.4, 0.5) is 5.69 Å². The van der Waals surface area contributed by atoms with Gasteiger partial charge < -0.3 is 4.90 Å². The van der Waals surface area contributed by atoms with Gasteiger partial charge in [-0.25, -0.2) is 0 Å². The lowest BCUT2D eigenvalue weighted by atomic mass is 9.86. The lowest BCUT2D eigenvalue weighted by Crippen LogP contribution is -2.60. The lowest BCUT2D eigenvalue weighted by molar-refractivity contribution is -0.0590. The Hall–Kier alpha value is -1.13. The third-order valence-electron chi connectivity index (χ3n) is 7.12. The van der Waals surface area contributed by atoms with Crippen molar-refractivity contribution in [2.45, 2.75) is 89.9 Å². The van der Waals surface area contributed by atoms with Crippen LogP contribution in [0.2, 0.25) is 0 Å². The van der Waals surface area contributed by atoms with Gasteiger partial charge in [0.15, 0.2) is 0 Å². The Morgan fingerprint density at radius 3 is 2.41 bits per heavy atom. The average molecular weight is 373 g/mol. The van der Waals surface area contributed by atoms with Gasteiger partial charge in [-0.2, -0.15) is 0 Å². The van der Waals surface area contributed by atoms with E-state index in [-0.39, 0.29) is 11.1 Å². The van der Waals surface area contributed by atoms with E-state index < -0.39 is 0 Å². The van der Waals surface area contributed by atoms with Gasteiger partial charge >= 0.3 is 0 Å². The number of anilines is 1. The molecule has 0 aromatic carbocycles. The van der Waals surface area contributed by atoms with Crippen LogP contribution in [-0.4, -0.2) is 58.7 Å². The van der Waals surface area contributed by atoms with E-state index in [2.05, 4.69) is 66.6 Å². The van der Waals surface area contributed by atoms with Crippen molar-refractivity contribution in [2.24, 2.45) is 0 Å². The second-order valence-corrected chi connectivity index (χ2v) is 9.80.